The molecule has 0 atom stereocenters. The number of hydrogen-bond acceptors (Lipinski definition) is 3. The standard InChI is InChI=1S/C12H15N2OP/c1-8-5-4-6-9-11(8)14-7-10(13)12(9)16(2,3)15/h4-7H,13H2,1-3H3. The summed E-state index contributed by atoms with van der Waals surface area (Å²) in [6.07, 6.45) is 1.60. The van der Waals surface area contributed by atoms with Gasteiger partial charge in [-0.25, -0.2) is 0 Å². The van der Waals surface area contributed by atoms with Gasteiger partial charge in [0.1, 0.15) is 7.14 Å². The first-order chi connectivity index (χ1) is 7.41. The van der Waals surface area contributed by atoms with Crippen molar-refractivity contribution in [3.05, 3.63) is 30.0 Å². The highest BCUT2D eigenvalue weighted by molar-refractivity contribution is 7.71. The van der Waals surface area contributed by atoms with Crippen molar-refractivity contribution in [1.82, 2.24) is 4.98 Å². The summed E-state index contributed by atoms with van der Waals surface area (Å²) < 4.78 is 12.3. The molecule has 16 heavy (non-hydrogen) atoms. The van der Waals surface area contributed by atoms with Crippen LogP contribution < -0.4 is 11.0 Å². The molecule has 0 bridgehead atoms. The van der Waals surface area contributed by atoms with Crippen molar-refractivity contribution in [2.75, 3.05) is 19.1 Å². The van der Waals surface area contributed by atoms with Crippen LogP contribution >= 0.6 is 7.14 Å². The first-order valence-corrected chi connectivity index (χ1v) is 7.70. The normalized spacial score (nSPS) is 11.9. The van der Waals surface area contributed by atoms with E-state index in [0.717, 1.165) is 21.8 Å². The molecule has 0 aliphatic rings. The Morgan fingerprint density at radius 2 is 2.00 bits per heavy atom. The van der Waals surface area contributed by atoms with Crippen molar-refractivity contribution < 1.29 is 4.57 Å². The maximum Gasteiger partial charge on any atom is 0.112 e. The van der Waals surface area contributed by atoms with Crippen LogP contribution in [0.3, 0.4) is 0 Å². The molecule has 2 aromatic rings. The second-order valence-corrected chi connectivity index (χ2v) is 7.53. The van der Waals surface area contributed by atoms with Crippen molar-refractivity contribution >= 4 is 29.0 Å². The molecule has 0 saturated carbocycles. The minimum atomic E-state index is -2.39. The zero-order chi connectivity index (χ0) is 11.9. The lowest BCUT2D eigenvalue weighted by molar-refractivity contribution is 0.588. The molecule has 0 unspecified atom stereocenters. The fraction of sp³-hybridized carbons (Fsp3) is 0.250. The van der Waals surface area contributed by atoms with Gasteiger partial charge in [-0.15, -0.1) is 0 Å². The number of pyridine rings is 1. The highest BCUT2D eigenvalue weighted by Gasteiger charge is 2.19. The quantitative estimate of drug-likeness (QED) is 0.771. The van der Waals surface area contributed by atoms with Crippen LogP contribution in [0, 0.1) is 6.92 Å². The number of nitrogens with zero attached hydrogens (tertiary/aromatic N) is 1. The van der Waals surface area contributed by atoms with E-state index in [1.54, 1.807) is 19.5 Å². The molecule has 0 amide bonds. The van der Waals surface area contributed by atoms with Crippen LogP contribution in [0.2, 0.25) is 0 Å². The molecule has 0 aliphatic carbocycles. The van der Waals surface area contributed by atoms with E-state index in [4.69, 9.17) is 5.73 Å². The van der Waals surface area contributed by atoms with Gasteiger partial charge in [-0.2, -0.15) is 0 Å². The van der Waals surface area contributed by atoms with Crippen LogP contribution in [0.25, 0.3) is 10.9 Å². The Bertz CT molecular complexity index is 601. The van der Waals surface area contributed by atoms with Crippen molar-refractivity contribution in [3.63, 3.8) is 0 Å². The van der Waals surface area contributed by atoms with E-state index >= 15 is 0 Å². The molecular weight excluding hydrogens is 219 g/mol. The molecular formula is C12H15N2OP. The number of para-hydroxylation sites is 1. The van der Waals surface area contributed by atoms with E-state index in [1.807, 2.05) is 25.1 Å². The molecule has 1 aromatic carbocycles. The minimum absolute atomic E-state index is 0.520. The average molecular weight is 234 g/mol. The molecule has 1 heterocycles. The Hall–Kier alpha value is -1.34. The average Bonchev–Trinajstić information content (AvgIpc) is 2.15. The van der Waals surface area contributed by atoms with Gasteiger partial charge in [0.15, 0.2) is 0 Å². The number of rotatable bonds is 1. The summed E-state index contributed by atoms with van der Waals surface area (Å²) in [4.78, 5) is 4.31. The fourth-order valence-electron chi connectivity index (χ4n) is 1.97. The maximum atomic E-state index is 12.3. The van der Waals surface area contributed by atoms with Crippen LogP contribution in [0.5, 0.6) is 0 Å². The molecule has 0 spiro atoms. The van der Waals surface area contributed by atoms with Crippen LogP contribution in [0.15, 0.2) is 24.4 Å². The molecule has 0 aliphatic heterocycles. The Morgan fingerprint density at radius 1 is 1.31 bits per heavy atom. The second kappa shape index (κ2) is 3.60. The molecule has 2 N–H and O–H groups in total. The lowest BCUT2D eigenvalue weighted by atomic mass is 10.1. The molecule has 0 fully saturated rings. The van der Waals surface area contributed by atoms with Crippen molar-refractivity contribution in [3.8, 4) is 0 Å². The van der Waals surface area contributed by atoms with Gasteiger partial charge >= 0.3 is 0 Å². The summed E-state index contributed by atoms with van der Waals surface area (Å²) in [5.74, 6) is 0. The summed E-state index contributed by atoms with van der Waals surface area (Å²) in [6.45, 7) is 5.46. The van der Waals surface area contributed by atoms with Gasteiger partial charge in [-0.05, 0) is 25.8 Å². The van der Waals surface area contributed by atoms with Gasteiger partial charge in [-0.1, -0.05) is 18.2 Å². The molecule has 2 rings (SSSR count). The van der Waals surface area contributed by atoms with E-state index in [0.29, 0.717) is 5.69 Å². The number of nitrogens with two attached hydrogens (primary N) is 1. The van der Waals surface area contributed by atoms with Crippen molar-refractivity contribution in [1.29, 1.82) is 0 Å². The zero-order valence-electron chi connectivity index (χ0n) is 9.69. The predicted octanol–water partition coefficient (Wildman–Crippen LogP) is 2.37. The van der Waals surface area contributed by atoms with Gasteiger partial charge < -0.3 is 10.3 Å². The zero-order valence-corrected chi connectivity index (χ0v) is 10.6. The monoisotopic (exact) mass is 234 g/mol. The summed E-state index contributed by atoms with van der Waals surface area (Å²) >= 11 is 0. The molecule has 0 radical (unpaired) electrons. The molecule has 84 valence electrons. The third kappa shape index (κ3) is 1.72. The maximum absolute atomic E-state index is 12.3. The van der Waals surface area contributed by atoms with Gasteiger partial charge in [0.2, 0.25) is 0 Å². The smallest absolute Gasteiger partial charge is 0.112 e. The van der Waals surface area contributed by atoms with Gasteiger partial charge in [0.25, 0.3) is 0 Å². The van der Waals surface area contributed by atoms with Gasteiger partial charge in [0.05, 0.1) is 17.4 Å². The number of aromatic nitrogens is 1. The largest absolute Gasteiger partial charge is 0.397 e. The van der Waals surface area contributed by atoms with E-state index in [-0.39, 0.29) is 0 Å². The third-order valence-electron chi connectivity index (χ3n) is 2.64. The summed E-state index contributed by atoms with van der Waals surface area (Å²) in [5.41, 5.74) is 8.37. The predicted molar refractivity (Wildman–Crippen MR) is 70.0 cm³/mol. The summed E-state index contributed by atoms with van der Waals surface area (Å²) in [5, 5.41) is 1.66. The van der Waals surface area contributed by atoms with E-state index < -0.39 is 7.14 Å². The SMILES string of the molecule is Cc1cccc2c(P(C)(C)=O)c(N)cnc12. The third-order valence-corrected chi connectivity index (χ3v) is 4.21. The molecule has 0 saturated heterocycles. The summed E-state index contributed by atoms with van der Waals surface area (Å²) in [6, 6.07) is 5.87. The Morgan fingerprint density at radius 3 is 2.62 bits per heavy atom. The van der Waals surface area contributed by atoms with E-state index in [2.05, 4.69) is 4.98 Å². The van der Waals surface area contributed by atoms with Crippen LogP contribution in [-0.2, 0) is 4.57 Å². The molecule has 1 aromatic heterocycles. The number of fused-ring (bicyclic) bond motifs is 1. The highest BCUT2D eigenvalue weighted by atomic mass is 31.2. The van der Waals surface area contributed by atoms with Crippen LogP contribution in [0.4, 0.5) is 5.69 Å². The van der Waals surface area contributed by atoms with Gasteiger partial charge in [-0.3, -0.25) is 4.98 Å². The highest BCUT2D eigenvalue weighted by Crippen LogP contribution is 2.39. The van der Waals surface area contributed by atoms with Crippen molar-refractivity contribution in [2.45, 2.75) is 6.92 Å². The lowest BCUT2D eigenvalue weighted by Crippen LogP contribution is -2.12. The van der Waals surface area contributed by atoms with Gasteiger partial charge in [0, 0.05) is 10.7 Å². The topological polar surface area (TPSA) is 56.0 Å². The first-order valence-electron chi connectivity index (χ1n) is 5.10. The number of nitrogen functional groups attached to an aromatic ring is 1. The second-order valence-electron chi connectivity index (χ2n) is 4.38. The minimum Gasteiger partial charge on any atom is -0.397 e. The van der Waals surface area contributed by atoms with Crippen molar-refractivity contribution in [2.24, 2.45) is 0 Å². The Kier molecular flexibility index (Phi) is 2.51. The van der Waals surface area contributed by atoms with E-state index in [1.165, 1.54) is 0 Å². The molecule has 3 nitrogen and oxygen atoms in total. The summed E-state index contributed by atoms with van der Waals surface area (Å²) in [7, 11) is -2.39. The molecule has 4 heteroatoms. The Balaban J connectivity index is 2.97. The fourth-order valence-corrected chi connectivity index (χ4v) is 3.41. The lowest BCUT2D eigenvalue weighted by Gasteiger charge is -2.14. The number of anilines is 1. The van der Waals surface area contributed by atoms with Crippen LogP contribution in [-0.4, -0.2) is 18.3 Å². The number of aryl methyl sites for hydroxylation is 1. The number of hydrogen-bond donors (Lipinski definition) is 1. The first kappa shape index (κ1) is 11.2. The van der Waals surface area contributed by atoms with E-state index in [9.17, 15) is 4.57 Å². The van der Waals surface area contributed by atoms with Crippen LogP contribution in [0.1, 0.15) is 5.56 Å². The Labute approximate surface area is 95.1 Å². The number of benzene rings is 1.